The molecule has 0 radical (unpaired) electrons. The average Bonchev–Trinajstić information content (AvgIpc) is 3.02. The molecule has 0 saturated carbocycles. The molecule has 4 rings (SSSR count). The number of benzene rings is 1. The zero-order chi connectivity index (χ0) is 21.6. The Morgan fingerprint density at radius 3 is 2.57 bits per heavy atom. The number of rotatable bonds is 5. The molecule has 9 heteroatoms. The third-order valence-corrected chi connectivity index (χ3v) is 6.81. The van der Waals surface area contributed by atoms with Gasteiger partial charge in [0.1, 0.15) is 5.65 Å². The van der Waals surface area contributed by atoms with Crippen molar-refractivity contribution in [3.8, 4) is 0 Å². The zero-order valence-electron chi connectivity index (χ0n) is 16.1. The lowest BCUT2D eigenvalue weighted by molar-refractivity contribution is -0.137. The van der Waals surface area contributed by atoms with Gasteiger partial charge in [-0.25, -0.2) is 13.4 Å². The molecule has 0 spiro atoms. The van der Waals surface area contributed by atoms with Crippen molar-refractivity contribution in [2.24, 2.45) is 0 Å². The number of carboxylic acid groups (broad SMARTS) is 1. The van der Waals surface area contributed by atoms with Gasteiger partial charge in [-0.3, -0.25) is 9.59 Å². The summed E-state index contributed by atoms with van der Waals surface area (Å²) in [4.78, 5) is 29.5. The van der Waals surface area contributed by atoms with Crippen LogP contribution in [0.4, 0.5) is 0 Å². The van der Waals surface area contributed by atoms with Crippen molar-refractivity contribution in [1.82, 2.24) is 9.55 Å². The van der Waals surface area contributed by atoms with Gasteiger partial charge in [-0.2, -0.15) is 0 Å². The minimum atomic E-state index is -3.66. The fourth-order valence-electron chi connectivity index (χ4n) is 4.23. The second-order valence-electron chi connectivity index (χ2n) is 7.46. The van der Waals surface area contributed by atoms with Crippen molar-refractivity contribution in [1.29, 1.82) is 0 Å². The van der Waals surface area contributed by atoms with E-state index < -0.39 is 21.7 Å². The number of aliphatic carboxylic acids is 1. The van der Waals surface area contributed by atoms with Gasteiger partial charge in [0.2, 0.25) is 0 Å². The Kier molecular flexibility index (Phi) is 5.15. The van der Waals surface area contributed by atoms with Crippen LogP contribution in [0.5, 0.6) is 0 Å². The van der Waals surface area contributed by atoms with E-state index in [4.69, 9.17) is 11.6 Å². The van der Waals surface area contributed by atoms with Crippen LogP contribution in [0.1, 0.15) is 46.8 Å². The maximum atomic E-state index is 13.6. The first-order valence-electron chi connectivity index (χ1n) is 9.41. The number of halogens is 1. The summed E-state index contributed by atoms with van der Waals surface area (Å²) in [6.07, 6.45) is 3.66. The van der Waals surface area contributed by atoms with E-state index in [1.165, 1.54) is 12.3 Å². The van der Waals surface area contributed by atoms with Gasteiger partial charge in [-0.05, 0) is 43.2 Å². The molecular formula is C21H19ClN2O5S. The van der Waals surface area contributed by atoms with E-state index in [0.29, 0.717) is 41.3 Å². The highest BCUT2D eigenvalue weighted by molar-refractivity contribution is 7.91. The number of carboxylic acids is 1. The van der Waals surface area contributed by atoms with Crippen LogP contribution in [0.15, 0.2) is 41.4 Å². The lowest BCUT2D eigenvalue weighted by Crippen LogP contribution is -2.20. The molecule has 3 heterocycles. The molecule has 3 aromatic rings. The third kappa shape index (κ3) is 3.50. The molecule has 1 N–H and O–H groups in total. The van der Waals surface area contributed by atoms with Gasteiger partial charge >= 0.3 is 5.97 Å². The fourth-order valence-corrected chi connectivity index (χ4v) is 5.23. The van der Waals surface area contributed by atoms with Crippen LogP contribution in [0.3, 0.4) is 0 Å². The number of hydrogen-bond donors (Lipinski definition) is 1. The first-order chi connectivity index (χ1) is 14.2. The van der Waals surface area contributed by atoms with Crippen LogP contribution >= 0.6 is 11.6 Å². The lowest BCUT2D eigenvalue weighted by Gasteiger charge is -2.25. The number of aromatic nitrogens is 2. The summed E-state index contributed by atoms with van der Waals surface area (Å²) in [5, 5.41) is 10.1. The molecule has 0 bridgehead atoms. The topological polar surface area (TPSA) is 106 Å². The van der Waals surface area contributed by atoms with Gasteiger partial charge in [-0.15, -0.1) is 0 Å². The number of carbonyl (C=O) groups is 2. The summed E-state index contributed by atoms with van der Waals surface area (Å²) < 4.78 is 26.8. The van der Waals surface area contributed by atoms with Crippen LogP contribution in [0.25, 0.3) is 11.0 Å². The number of sulfone groups is 1. The smallest absolute Gasteiger partial charge is 0.304 e. The number of aryl methyl sites for hydroxylation is 1. The fraction of sp³-hybridized carbons (Fsp3) is 0.286. The van der Waals surface area contributed by atoms with Crippen molar-refractivity contribution in [2.75, 3.05) is 6.26 Å². The van der Waals surface area contributed by atoms with E-state index in [-0.39, 0.29) is 28.0 Å². The summed E-state index contributed by atoms with van der Waals surface area (Å²) in [6, 6.07) is 7.71. The molecule has 1 atom stereocenters. The molecule has 1 aromatic carbocycles. The Hall–Kier alpha value is -2.71. The van der Waals surface area contributed by atoms with Crippen LogP contribution in [0, 0.1) is 0 Å². The van der Waals surface area contributed by atoms with E-state index in [9.17, 15) is 23.1 Å². The van der Waals surface area contributed by atoms with E-state index in [0.717, 1.165) is 6.26 Å². The number of nitrogens with zero attached hydrogens (tertiary/aromatic N) is 2. The van der Waals surface area contributed by atoms with Gasteiger partial charge in [0.05, 0.1) is 16.9 Å². The van der Waals surface area contributed by atoms with Gasteiger partial charge in [0.25, 0.3) is 0 Å². The van der Waals surface area contributed by atoms with Crippen molar-refractivity contribution in [3.05, 3.63) is 58.4 Å². The molecule has 30 heavy (non-hydrogen) atoms. The van der Waals surface area contributed by atoms with Crippen molar-refractivity contribution in [3.63, 3.8) is 0 Å². The molecular weight excluding hydrogens is 428 g/mol. The van der Waals surface area contributed by atoms with Gasteiger partial charge in [0, 0.05) is 46.6 Å². The SMILES string of the molecule is CS(=O)(=O)c1ccnc2c1c(C(=O)c1ccc(Cl)cc1)c1n2CCCC1CC(=O)O. The van der Waals surface area contributed by atoms with E-state index in [2.05, 4.69) is 4.98 Å². The second-order valence-corrected chi connectivity index (χ2v) is 9.89. The molecule has 1 aliphatic heterocycles. The third-order valence-electron chi connectivity index (χ3n) is 5.42. The highest BCUT2D eigenvalue weighted by Crippen LogP contribution is 2.41. The van der Waals surface area contributed by atoms with Crippen LogP contribution < -0.4 is 0 Å². The van der Waals surface area contributed by atoms with Crippen LogP contribution in [-0.2, 0) is 21.2 Å². The molecule has 0 amide bonds. The summed E-state index contributed by atoms with van der Waals surface area (Å²) in [5.41, 5.74) is 1.49. The van der Waals surface area contributed by atoms with Crippen molar-refractivity contribution >= 4 is 44.2 Å². The molecule has 156 valence electrons. The molecule has 1 unspecified atom stereocenters. The average molecular weight is 447 g/mol. The Balaban J connectivity index is 2.09. The minimum Gasteiger partial charge on any atom is -0.481 e. The van der Waals surface area contributed by atoms with Crippen LogP contribution in [-0.4, -0.2) is 41.1 Å². The van der Waals surface area contributed by atoms with E-state index >= 15 is 0 Å². The zero-order valence-corrected chi connectivity index (χ0v) is 17.7. The van der Waals surface area contributed by atoms with E-state index in [1.807, 2.05) is 4.57 Å². The molecule has 0 aliphatic carbocycles. The molecule has 0 saturated heterocycles. The first kappa shape index (κ1) is 20.6. The number of pyridine rings is 1. The standard InChI is InChI=1S/C21H19ClN2O5S/c1-30(28,29)15-8-9-23-21-17(15)18(20(27)12-4-6-14(22)7-5-12)19-13(11-16(25)26)3-2-10-24(19)21/h4-9,13H,2-3,10-11H2,1H3,(H,25,26). The summed E-state index contributed by atoms with van der Waals surface area (Å²) >= 11 is 5.95. The molecule has 1 aliphatic rings. The minimum absolute atomic E-state index is 0.0146. The summed E-state index contributed by atoms with van der Waals surface area (Å²) in [7, 11) is -3.66. The number of ketones is 1. The number of fused-ring (bicyclic) bond motifs is 3. The van der Waals surface area contributed by atoms with Gasteiger partial charge in [-0.1, -0.05) is 11.6 Å². The lowest BCUT2D eigenvalue weighted by atomic mass is 9.88. The van der Waals surface area contributed by atoms with Gasteiger partial charge in [0.15, 0.2) is 15.6 Å². The predicted molar refractivity (Wildman–Crippen MR) is 112 cm³/mol. The molecule has 0 fully saturated rings. The summed E-state index contributed by atoms with van der Waals surface area (Å²) in [5.74, 6) is -1.76. The highest BCUT2D eigenvalue weighted by atomic mass is 35.5. The number of carbonyl (C=O) groups excluding carboxylic acids is 1. The molecule has 2 aromatic heterocycles. The summed E-state index contributed by atoms with van der Waals surface area (Å²) in [6.45, 7) is 0.538. The molecule has 7 nitrogen and oxygen atoms in total. The Morgan fingerprint density at radius 1 is 1.23 bits per heavy atom. The maximum absolute atomic E-state index is 13.6. The highest BCUT2D eigenvalue weighted by Gasteiger charge is 2.34. The Labute approximate surface area is 178 Å². The van der Waals surface area contributed by atoms with Crippen molar-refractivity contribution in [2.45, 2.75) is 36.6 Å². The van der Waals surface area contributed by atoms with Crippen molar-refractivity contribution < 1.29 is 23.1 Å². The maximum Gasteiger partial charge on any atom is 0.304 e. The van der Waals surface area contributed by atoms with E-state index in [1.54, 1.807) is 24.3 Å². The Morgan fingerprint density at radius 2 is 1.93 bits per heavy atom. The monoisotopic (exact) mass is 446 g/mol. The first-order valence-corrected chi connectivity index (χ1v) is 11.7. The normalized spacial score (nSPS) is 16.4. The largest absolute Gasteiger partial charge is 0.481 e. The number of hydrogen-bond acceptors (Lipinski definition) is 5. The second kappa shape index (κ2) is 7.52. The quantitative estimate of drug-likeness (QED) is 0.599. The Bertz CT molecular complexity index is 1280. The predicted octanol–water partition coefficient (Wildman–Crippen LogP) is 3.68. The van der Waals surface area contributed by atoms with Crippen LogP contribution in [0.2, 0.25) is 5.02 Å². The van der Waals surface area contributed by atoms with Gasteiger partial charge < -0.3 is 9.67 Å².